The SMILES string of the molecule is COc1cc(-n2cnn(Cc3cccc(F)c3)c2=O)ccc1-c1cn[nH]c1. The monoisotopic (exact) mass is 365 g/mol. The quantitative estimate of drug-likeness (QED) is 0.590. The first-order valence-electron chi connectivity index (χ1n) is 8.22. The predicted molar refractivity (Wildman–Crippen MR) is 97.5 cm³/mol. The third-order valence-electron chi connectivity index (χ3n) is 4.23. The van der Waals surface area contributed by atoms with Gasteiger partial charge < -0.3 is 4.74 Å². The summed E-state index contributed by atoms with van der Waals surface area (Å²) in [6.45, 7) is 0.188. The van der Waals surface area contributed by atoms with E-state index in [1.54, 1.807) is 43.8 Å². The summed E-state index contributed by atoms with van der Waals surface area (Å²) in [4.78, 5) is 12.7. The van der Waals surface area contributed by atoms with Crippen molar-refractivity contribution in [3.05, 3.63) is 83.1 Å². The van der Waals surface area contributed by atoms with Crippen molar-refractivity contribution < 1.29 is 9.13 Å². The van der Waals surface area contributed by atoms with E-state index in [0.29, 0.717) is 17.0 Å². The molecule has 7 nitrogen and oxygen atoms in total. The van der Waals surface area contributed by atoms with Crippen LogP contribution in [0.3, 0.4) is 0 Å². The van der Waals surface area contributed by atoms with Crippen LogP contribution in [0.25, 0.3) is 16.8 Å². The Kier molecular flexibility index (Phi) is 4.29. The molecule has 0 atom stereocenters. The summed E-state index contributed by atoms with van der Waals surface area (Å²) in [5, 5.41) is 10.8. The molecule has 2 aromatic heterocycles. The van der Waals surface area contributed by atoms with Crippen LogP contribution in [0.2, 0.25) is 0 Å². The minimum absolute atomic E-state index is 0.188. The lowest BCUT2D eigenvalue weighted by Gasteiger charge is -2.09. The summed E-state index contributed by atoms with van der Waals surface area (Å²) in [6.07, 6.45) is 4.90. The molecule has 0 fully saturated rings. The lowest BCUT2D eigenvalue weighted by Crippen LogP contribution is -2.24. The predicted octanol–water partition coefficient (Wildman–Crippen LogP) is 2.62. The van der Waals surface area contributed by atoms with Crippen molar-refractivity contribution >= 4 is 0 Å². The van der Waals surface area contributed by atoms with E-state index in [1.165, 1.54) is 27.7 Å². The number of halogens is 1. The fourth-order valence-corrected chi connectivity index (χ4v) is 2.90. The first kappa shape index (κ1) is 16.8. The maximum absolute atomic E-state index is 13.3. The molecule has 0 aliphatic heterocycles. The van der Waals surface area contributed by atoms with Crippen molar-refractivity contribution in [2.75, 3.05) is 7.11 Å². The molecule has 2 aromatic carbocycles. The first-order valence-corrected chi connectivity index (χ1v) is 8.22. The van der Waals surface area contributed by atoms with Gasteiger partial charge in [0.05, 0.1) is 25.5 Å². The molecule has 2 heterocycles. The number of aromatic amines is 1. The largest absolute Gasteiger partial charge is 0.496 e. The van der Waals surface area contributed by atoms with Gasteiger partial charge in [0, 0.05) is 23.4 Å². The van der Waals surface area contributed by atoms with Gasteiger partial charge in [-0.05, 0) is 29.8 Å². The third kappa shape index (κ3) is 3.24. The molecule has 0 aliphatic carbocycles. The van der Waals surface area contributed by atoms with E-state index in [9.17, 15) is 9.18 Å². The van der Waals surface area contributed by atoms with Crippen molar-refractivity contribution in [2.45, 2.75) is 6.54 Å². The number of methoxy groups -OCH3 is 1. The smallest absolute Gasteiger partial charge is 0.350 e. The molecule has 0 bridgehead atoms. The summed E-state index contributed by atoms with van der Waals surface area (Å²) in [5.74, 6) is 0.262. The molecule has 136 valence electrons. The average molecular weight is 365 g/mol. The Morgan fingerprint density at radius 3 is 2.85 bits per heavy atom. The highest BCUT2D eigenvalue weighted by Gasteiger charge is 2.12. The zero-order valence-electron chi connectivity index (χ0n) is 14.5. The van der Waals surface area contributed by atoms with Crippen molar-refractivity contribution in [2.24, 2.45) is 0 Å². The first-order chi connectivity index (χ1) is 13.2. The summed E-state index contributed by atoms with van der Waals surface area (Å²) in [5.41, 5.74) is 2.70. The fraction of sp³-hybridized carbons (Fsp3) is 0.105. The molecule has 4 rings (SSSR count). The molecule has 0 amide bonds. The van der Waals surface area contributed by atoms with Crippen LogP contribution in [0, 0.1) is 5.82 Å². The van der Waals surface area contributed by atoms with Crippen molar-refractivity contribution in [3.8, 4) is 22.6 Å². The Bertz CT molecular complexity index is 1130. The number of hydrogen-bond acceptors (Lipinski definition) is 4. The minimum Gasteiger partial charge on any atom is -0.496 e. The van der Waals surface area contributed by atoms with Crippen LogP contribution in [0.1, 0.15) is 5.56 Å². The topological polar surface area (TPSA) is 77.7 Å². The molecule has 8 heteroatoms. The van der Waals surface area contributed by atoms with Gasteiger partial charge in [0.25, 0.3) is 0 Å². The van der Waals surface area contributed by atoms with E-state index in [2.05, 4.69) is 15.3 Å². The molecule has 0 saturated carbocycles. The summed E-state index contributed by atoms with van der Waals surface area (Å²) in [6, 6.07) is 11.5. The lowest BCUT2D eigenvalue weighted by atomic mass is 10.1. The Morgan fingerprint density at radius 1 is 1.22 bits per heavy atom. The molecule has 0 aliphatic rings. The molecular formula is C19H16FN5O2. The van der Waals surface area contributed by atoms with Crippen LogP contribution in [-0.2, 0) is 6.54 Å². The third-order valence-corrected chi connectivity index (χ3v) is 4.23. The Morgan fingerprint density at radius 2 is 2.11 bits per heavy atom. The zero-order valence-corrected chi connectivity index (χ0v) is 14.5. The number of hydrogen-bond donors (Lipinski definition) is 1. The summed E-state index contributed by atoms with van der Waals surface area (Å²) < 4.78 is 21.5. The van der Waals surface area contributed by atoms with E-state index >= 15 is 0 Å². The molecule has 4 aromatic rings. The maximum atomic E-state index is 13.3. The molecule has 27 heavy (non-hydrogen) atoms. The molecule has 0 spiro atoms. The lowest BCUT2D eigenvalue weighted by molar-refractivity contribution is 0.416. The van der Waals surface area contributed by atoms with Gasteiger partial charge in [-0.2, -0.15) is 10.2 Å². The minimum atomic E-state index is -0.348. The van der Waals surface area contributed by atoms with Crippen LogP contribution >= 0.6 is 0 Å². The van der Waals surface area contributed by atoms with Crippen LogP contribution < -0.4 is 10.4 Å². The molecular weight excluding hydrogens is 349 g/mol. The molecule has 0 radical (unpaired) electrons. The number of aromatic nitrogens is 5. The number of H-pyrrole nitrogens is 1. The van der Waals surface area contributed by atoms with Gasteiger partial charge in [-0.25, -0.2) is 18.4 Å². The maximum Gasteiger partial charge on any atom is 0.350 e. The molecule has 0 unspecified atom stereocenters. The second kappa shape index (κ2) is 6.91. The number of nitrogens with zero attached hydrogens (tertiary/aromatic N) is 4. The van der Waals surface area contributed by atoms with Gasteiger partial charge in [-0.3, -0.25) is 5.10 Å². The highest BCUT2D eigenvalue weighted by molar-refractivity contribution is 5.71. The summed E-state index contributed by atoms with van der Waals surface area (Å²) in [7, 11) is 1.57. The van der Waals surface area contributed by atoms with Crippen molar-refractivity contribution in [1.29, 1.82) is 0 Å². The van der Waals surface area contributed by atoms with Crippen LogP contribution in [0.5, 0.6) is 5.75 Å². The van der Waals surface area contributed by atoms with Crippen LogP contribution in [0.4, 0.5) is 4.39 Å². The molecule has 0 saturated heterocycles. The van der Waals surface area contributed by atoms with E-state index in [1.807, 2.05) is 6.07 Å². The van der Waals surface area contributed by atoms with Crippen molar-refractivity contribution in [1.82, 2.24) is 24.5 Å². The Hall–Kier alpha value is -3.68. The number of ether oxygens (including phenoxy) is 1. The standard InChI is InChI=1S/C19H16FN5O2/c1-27-18-8-16(5-6-17(18)14-9-21-22-10-14)24-12-23-25(19(24)26)11-13-3-2-4-15(20)7-13/h2-10,12H,11H2,1H3,(H,21,22). The average Bonchev–Trinajstić information content (AvgIpc) is 3.32. The number of rotatable bonds is 5. The highest BCUT2D eigenvalue weighted by atomic mass is 19.1. The van der Waals surface area contributed by atoms with Crippen molar-refractivity contribution in [3.63, 3.8) is 0 Å². The number of nitrogens with one attached hydrogen (secondary N) is 1. The van der Waals surface area contributed by atoms with Gasteiger partial charge in [0.1, 0.15) is 17.9 Å². The molecule has 1 N–H and O–H groups in total. The van der Waals surface area contributed by atoms with E-state index in [-0.39, 0.29) is 18.1 Å². The Balaban J connectivity index is 1.68. The van der Waals surface area contributed by atoms with E-state index < -0.39 is 0 Å². The van der Waals surface area contributed by atoms with Gasteiger partial charge in [-0.1, -0.05) is 12.1 Å². The summed E-state index contributed by atoms with van der Waals surface area (Å²) >= 11 is 0. The van der Waals surface area contributed by atoms with E-state index in [0.717, 1.165) is 11.1 Å². The zero-order chi connectivity index (χ0) is 18.8. The van der Waals surface area contributed by atoms with Gasteiger partial charge in [0.2, 0.25) is 0 Å². The fourth-order valence-electron chi connectivity index (χ4n) is 2.90. The second-order valence-electron chi connectivity index (χ2n) is 5.94. The van der Waals surface area contributed by atoms with Gasteiger partial charge in [0.15, 0.2) is 0 Å². The Labute approximate surface area is 153 Å². The van der Waals surface area contributed by atoms with Crippen LogP contribution in [0.15, 0.2) is 66.0 Å². The highest BCUT2D eigenvalue weighted by Crippen LogP contribution is 2.30. The van der Waals surface area contributed by atoms with Crippen LogP contribution in [-0.4, -0.2) is 31.7 Å². The van der Waals surface area contributed by atoms with Gasteiger partial charge >= 0.3 is 5.69 Å². The normalized spacial score (nSPS) is 10.9. The van der Waals surface area contributed by atoms with Gasteiger partial charge in [-0.15, -0.1) is 0 Å². The van der Waals surface area contributed by atoms with E-state index in [4.69, 9.17) is 4.74 Å². The number of benzene rings is 2. The second-order valence-corrected chi connectivity index (χ2v) is 5.94.